The number of alkyl halides is 3. The number of hydrogen-bond acceptors (Lipinski definition) is 7. The fourth-order valence-electron chi connectivity index (χ4n) is 2.26. The lowest BCUT2D eigenvalue weighted by Crippen LogP contribution is -2.11. The van der Waals surface area contributed by atoms with Crippen LogP contribution in [0.5, 0.6) is 0 Å². The van der Waals surface area contributed by atoms with Crippen molar-refractivity contribution in [2.24, 2.45) is 0 Å². The van der Waals surface area contributed by atoms with Gasteiger partial charge < -0.3 is 11.5 Å². The van der Waals surface area contributed by atoms with Crippen LogP contribution in [0.15, 0.2) is 41.3 Å². The molecule has 1 aromatic heterocycles. The lowest BCUT2D eigenvalue weighted by Gasteiger charge is -2.15. The van der Waals surface area contributed by atoms with E-state index in [1.807, 2.05) is 6.92 Å². The van der Waals surface area contributed by atoms with Crippen LogP contribution in [0, 0.1) is 6.92 Å². The van der Waals surface area contributed by atoms with E-state index in [1.54, 1.807) is 12.1 Å². The molecule has 0 amide bonds. The van der Waals surface area contributed by atoms with E-state index in [0.717, 1.165) is 17.7 Å². The molecule has 1 heterocycles. The molecule has 0 aliphatic heterocycles. The molecule has 0 atom stereocenters. The van der Waals surface area contributed by atoms with E-state index in [9.17, 15) is 21.6 Å². The molecule has 0 fully saturated rings. The Morgan fingerprint density at radius 1 is 1.00 bits per heavy atom. The predicted octanol–water partition coefficient (Wildman–Crippen LogP) is 4.27. The van der Waals surface area contributed by atoms with Crippen LogP contribution in [0.4, 0.5) is 24.9 Å². The van der Waals surface area contributed by atoms with E-state index >= 15 is 0 Å². The first-order chi connectivity index (χ1) is 14.2. The Labute approximate surface area is 184 Å². The zero-order chi connectivity index (χ0) is 23.6. The molecule has 0 spiro atoms. The highest BCUT2D eigenvalue weighted by Gasteiger charge is 2.36. The van der Waals surface area contributed by atoms with Crippen molar-refractivity contribution in [2.75, 3.05) is 11.5 Å². The summed E-state index contributed by atoms with van der Waals surface area (Å²) in [4.78, 5) is 3.49. The fourth-order valence-corrected chi connectivity index (χ4v) is 3.15. The van der Waals surface area contributed by atoms with Gasteiger partial charge in [0.1, 0.15) is 5.69 Å². The summed E-state index contributed by atoms with van der Waals surface area (Å²) in [5.74, 6) is -0.592. The maximum absolute atomic E-state index is 13.0. The van der Waals surface area contributed by atoms with Crippen LogP contribution in [0.3, 0.4) is 0 Å². The van der Waals surface area contributed by atoms with Gasteiger partial charge in [0.05, 0.1) is 20.5 Å². The molecule has 0 saturated carbocycles. The van der Waals surface area contributed by atoms with Crippen molar-refractivity contribution in [3.05, 3.63) is 57.6 Å². The predicted molar refractivity (Wildman–Crippen MR) is 110 cm³/mol. The number of nitrogens with two attached hydrogens (primary N) is 2. The standard InChI is InChI=1S/C10H6Cl2F3N5.C7H8O3S/c11-4-2-1-3(10(13,14)15)5(6(4)12)7-8(16)18-9(17)20-19-7;1-6-2-4-7(5-3-6)11(8,9)10/h1-2H,(H4,16,17,18,20);2-5H,1H3,(H,8,9,10). The second-order valence-electron chi connectivity index (χ2n) is 5.97. The quantitative estimate of drug-likeness (QED) is 0.446. The first-order valence-corrected chi connectivity index (χ1v) is 10.3. The van der Waals surface area contributed by atoms with Crippen molar-refractivity contribution in [1.29, 1.82) is 0 Å². The van der Waals surface area contributed by atoms with Crippen molar-refractivity contribution < 1.29 is 26.1 Å². The van der Waals surface area contributed by atoms with Crippen LogP contribution in [0.1, 0.15) is 11.1 Å². The van der Waals surface area contributed by atoms with E-state index in [1.165, 1.54) is 12.1 Å². The van der Waals surface area contributed by atoms with Gasteiger partial charge in [0.25, 0.3) is 10.1 Å². The Hall–Kier alpha value is -2.67. The van der Waals surface area contributed by atoms with E-state index in [-0.39, 0.29) is 32.4 Å². The Bertz CT molecular complexity index is 1210. The first-order valence-electron chi connectivity index (χ1n) is 8.07. The lowest BCUT2D eigenvalue weighted by molar-refractivity contribution is -0.137. The summed E-state index contributed by atoms with van der Waals surface area (Å²) in [6.07, 6.45) is -4.67. The van der Waals surface area contributed by atoms with Gasteiger partial charge in [-0.25, -0.2) is 0 Å². The van der Waals surface area contributed by atoms with Crippen molar-refractivity contribution in [3.8, 4) is 11.3 Å². The van der Waals surface area contributed by atoms with Crippen molar-refractivity contribution in [1.82, 2.24) is 15.2 Å². The van der Waals surface area contributed by atoms with Crippen LogP contribution < -0.4 is 11.5 Å². The number of benzene rings is 2. The average molecular weight is 496 g/mol. The SMILES string of the molecule is Cc1ccc(S(=O)(=O)O)cc1.Nc1nnc(-c2c(C(F)(F)F)ccc(Cl)c2Cl)c(N)n1. The molecule has 8 nitrogen and oxygen atoms in total. The number of halogens is 5. The minimum absolute atomic E-state index is 0.0666. The molecule has 31 heavy (non-hydrogen) atoms. The second-order valence-corrected chi connectivity index (χ2v) is 8.18. The van der Waals surface area contributed by atoms with Gasteiger partial charge in [0, 0.05) is 5.56 Å². The highest BCUT2D eigenvalue weighted by atomic mass is 35.5. The van der Waals surface area contributed by atoms with Gasteiger partial charge in [-0.2, -0.15) is 26.6 Å². The van der Waals surface area contributed by atoms with Crippen LogP contribution in [0.25, 0.3) is 11.3 Å². The van der Waals surface area contributed by atoms with Crippen molar-refractivity contribution in [3.63, 3.8) is 0 Å². The summed E-state index contributed by atoms with van der Waals surface area (Å²) in [7, 11) is -4.02. The zero-order valence-corrected chi connectivity index (χ0v) is 17.9. The topological polar surface area (TPSA) is 145 Å². The molecule has 3 rings (SSSR count). The first kappa shape index (κ1) is 24.6. The molecular formula is C17H14Cl2F3N5O3S. The monoisotopic (exact) mass is 495 g/mol. The van der Waals surface area contributed by atoms with Crippen LogP contribution in [0.2, 0.25) is 10.0 Å². The number of nitrogen functional groups attached to an aromatic ring is 2. The number of anilines is 2. The summed E-state index contributed by atoms with van der Waals surface area (Å²) in [5, 5.41) is 6.48. The summed E-state index contributed by atoms with van der Waals surface area (Å²) < 4.78 is 68.6. The maximum atomic E-state index is 13.0. The molecule has 0 aliphatic carbocycles. The zero-order valence-electron chi connectivity index (χ0n) is 15.5. The highest BCUT2D eigenvalue weighted by molar-refractivity contribution is 7.85. The summed E-state index contributed by atoms with van der Waals surface area (Å²) in [6.45, 7) is 1.84. The van der Waals surface area contributed by atoms with Gasteiger partial charge in [-0.1, -0.05) is 40.9 Å². The molecule has 0 saturated heterocycles. The third kappa shape index (κ3) is 6.17. The van der Waals surface area contributed by atoms with Crippen molar-refractivity contribution >= 4 is 45.1 Å². The smallest absolute Gasteiger partial charge is 0.382 e. The third-order valence-corrected chi connectivity index (χ3v) is 5.36. The minimum atomic E-state index is -4.67. The van der Waals surface area contributed by atoms with E-state index in [0.29, 0.717) is 0 Å². The number of hydrogen-bond donors (Lipinski definition) is 3. The van der Waals surface area contributed by atoms with Gasteiger partial charge in [0.2, 0.25) is 5.95 Å². The fraction of sp³-hybridized carbons (Fsp3) is 0.118. The van der Waals surface area contributed by atoms with E-state index in [2.05, 4.69) is 15.2 Å². The molecule has 0 unspecified atom stereocenters. The summed E-state index contributed by atoms with van der Waals surface area (Å²) in [6, 6.07) is 7.80. The van der Waals surface area contributed by atoms with Gasteiger partial charge >= 0.3 is 6.18 Å². The molecule has 166 valence electrons. The summed E-state index contributed by atoms with van der Waals surface area (Å²) in [5.41, 5.74) is 9.87. The highest BCUT2D eigenvalue weighted by Crippen LogP contribution is 2.44. The van der Waals surface area contributed by atoms with Gasteiger partial charge in [0.15, 0.2) is 5.82 Å². The molecule has 3 aromatic rings. The largest absolute Gasteiger partial charge is 0.417 e. The van der Waals surface area contributed by atoms with Crippen molar-refractivity contribution in [2.45, 2.75) is 18.0 Å². The second kappa shape index (κ2) is 9.22. The molecule has 2 aromatic carbocycles. The molecule has 0 radical (unpaired) electrons. The van der Waals surface area contributed by atoms with E-state index < -0.39 is 27.4 Å². The molecule has 0 bridgehead atoms. The Morgan fingerprint density at radius 3 is 2.06 bits per heavy atom. The number of aryl methyl sites for hydroxylation is 1. The Morgan fingerprint density at radius 2 is 1.58 bits per heavy atom. The molecule has 0 aliphatic rings. The number of nitrogens with zero attached hydrogens (tertiary/aromatic N) is 3. The molecule has 5 N–H and O–H groups in total. The summed E-state index contributed by atoms with van der Waals surface area (Å²) >= 11 is 11.6. The maximum Gasteiger partial charge on any atom is 0.417 e. The minimum Gasteiger partial charge on any atom is -0.382 e. The number of aromatic nitrogens is 3. The Kier molecular flexibility index (Phi) is 7.32. The van der Waals surface area contributed by atoms with Crippen LogP contribution >= 0.6 is 23.2 Å². The van der Waals surface area contributed by atoms with Gasteiger partial charge in [-0.15, -0.1) is 10.2 Å². The molecule has 14 heteroatoms. The normalized spacial score (nSPS) is 11.6. The average Bonchev–Trinajstić information content (AvgIpc) is 2.64. The number of rotatable bonds is 2. The van der Waals surface area contributed by atoms with Gasteiger partial charge in [-0.3, -0.25) is 4.55 Å². The lowest BCUT2D eigenvalue weighted by atomic mass is 10.0. The van der Waals surface area contributed by atoms with Crippen LogP contribution in [-0.4, -0.2) is 28.2 Å². The Balaban J connectivity index is 0.000000262. The van der Waals surface area contributed by atoms with Crippen LogP contribution in [-0.2, 0) is 16.3 Å². The third-order valence-electron chi connectivity index (χ3n) is 3.69. The van der Waals surface area contributed by atoms with Gasteiger partial charge in [-0.05, 0) is 31.2 Å². The molecular weight excluding hydrogens is 482 g/mol. The van der Waals surface area contributed by atoms with E-state index in [4.69, 9.17) is 39.2 Å².